The molecule has 20 heavy (non-hydrogen) atoms. The SMILES string of the molecule is Cc1cc(F)cc(C)c1C(=O)C(C)(C)c1ccccc1. The first-order valence-corrected chi connectivity index (χ1v) is 6.71. The molecular formula is C18H19FO. The minimum atomic E-state index is -0.630. The van der Waals surface area contributed by atoms with Crippen molar-refractivity contribution in [3.8, 4) is 0 Å². The van der Waals surface area contributed by atoms with E-state index in [0.29, 0.717) is 16.7 Å². The summed E-state index contributed by atoms with van der Waals surface area (Å²) in [7, 11) is 0. The monoisotopic (exact) mass is 270 g/mol. The zero-order valence-corrected chi connectivity index (χ0v) is 12.3. The highest BCUT2D eigenvalue weighted by molar-refractivity contribution is 6.05. The van der Waals surface area contributed by atoms with Gasteiger partial charge in [0.05, 0.1) is 5.41 Å². The van der Waals surface area contributed by atoms with Gasteiger partial charge in [-0.3, -0.25) is 4.79 Å². The van der Waals surface area contributed by atoms with E-state index in [1.54, 1.807) is 13.8 Å². The molecule has 0 bridgehead atoms. The summed E-state index contributed by atoms with van der Waals surface area (Å²) >= 11 is 0. The van der Waals surface area contributed by atoms with E-state index in [1.807, 2.05) is 44.2 Å². The molecule has 0 spiro atoms. The Morgan fingerprint density at radius 1 is 1.00 bits per heavy atom. The van der Waals surface area contributed by atoms with E-state index >= 15 is 0 Å². The molecule has 0 radical (unpaired) electrons. The van der Waals surface area contributed by atoms with Gasteiger partial charge in [-0.1, -0.05) is 30.3 Å². The summed E-state index contributed by atoms with van der Waals surface area (Å²) in [6.07, 6.45) is 0. The van der Waals surface area contributed by atoms with E-state index < -0.39 is 5.41 Å². The molecule has 0 fully saturated rings. The summed E-state index contributed by atoms with van der Waals surface area (Å²) in [5.74, 6) is -0.271. The first-order chi connectivity index (χ1) is 9.34. The summed E-state index contributed by atoms with van der Waals surface area (Å²) in [6, 6.07) is 12.5. The zero-order valence-electron chi connectivity index (χ0n) is 12.3. The average Bonchev–Trinajstić information content (AvgIpc) is 2.38. The fourth-order valence-corrected chi connectivity index (χ4v) is 2.57. The number of halogens is 1. The second-order valence-corrected chi connectivity index (χ2v) is 5.73. The molecule has 104 valence electrons. The lowest BCUT2D eigenvalue weighted by atomic mass is 9.76. The lowest BCUT2D eigenvalue weighted by Crippen LogP contribution is -2.30. The Bertz CT molecular complexity index is 619. The molecule has 0 heterocycles. The number of rotatable bonds is 3. The molecule has 0 unspecified atom stereocenters. The summed E-state index contributed by atoms with van der Waals surface area (Å²) in [6.45, 7) is 7.38. The van der Waals surface area contributed by atoms with E-state index in [-0.39, 0.29) is 11.6 Å². The lowest BCUT2D eigenvalue weighted by molar-refractivity contribution is 0.0907. The minimum absolute atomic E-state index is 0.0266. The molecule has 2 aromatic carbocycles. The molecule has 0 atom stereocenters. The van der Waals surface area contributed by atoms with Crippen molar-refractivity contribution in [2.24, 2.45) is 0 Å². The highest BCUT2D eigenvalue weighted by Gasteiger charge is 2.32. The highest BCUT2D eigenvalue weighted by Crippen LogP contribution is 2.30. The summed E-state index contributed by atoms with van der Waals surface area (Å²) in [5.41, 5.74) is 2.34. The van der Waals surface area contributed by atoms with Gasteiger partial charge in [0.15, 0.2) is 5.78 Å². The van der Waals surface area contributed by atoms with Crippen molar-refractivity contribution >= 4 is 5.78 Å². The van der Waals surface area contributed by atoms with E-state index in [2.05, 4.69) is 0 Å². The van der Waals surface area contributed by atoms with Crippen LogP contribution in [-0.2, 0) is 5.41 Å². The van der Waals surface area contributed by atoms with Crippen LogP contribution in [0, 0.1) is 19.7 Å². The van der Waals surface area contributed by atoms with Crippen LogP contribution in [0.15, 0.2) is 42.5 Å². The van der Waals surface area contributed by atoms with Gasteiger partial charge in [0.2, 0.25) is 0 Å². The van der Waals surface area contributed by atoms with E-state index in [0.717, 1.165) is 5.56 Å². The maximum atomic E-state index is 13.4. The van der Waals surface area contributed by atoms with Crippen LogP contribution in [0.25, 0.3) is 0 Å². The van der Waals surface area contributed by atoms with Crippen molar-refractivity contribution in [1.82, 2.24) is 0 Å². The van der Waals surface area contributed by atoms with E-state index in [1.165, 1.54) is 12.1 Å². The second-order valence-electron chi connectivity index (χ2n) is 5.73. The van der Waals surface area contributed by atoms with Crippen molar-refractivity contribution in [2.45, 2.75) is 33.1 Å². The lowest BCUT2D eigenvalue weighted by Gasteiger charge is -2.25. The number of benzene rings is 2. The molecule has 2 heteroatoms. The van der Waals surface area contributed by atoms with Gasteiger partial charge >= 0.3 is 0 Å². The Labute approximate surface area is 119 Å². The van der Waals surface area contributed by atoms with E-state index in [9.17, 15) is 9.18 Å². The average molecular weight is 270 g/mol. The van der Waals surface area contributed by atoms with Crippen molar-refractivity contribution in [3.05, 3.63) is 70.5 Å². The van der Waals surface area contributed by atoms with Crippen LogP contribution in [0.2, 0.25) is 0 Å². The van der Waals surface area contributed by atoms with Crippen LogP contribution in [0.3, 0.4) is 0 Å². The topological polar surface area (TPSA) is 17.1 Å². The highest BCUT2D eigenvalue weighted by atomic mass is 19.1. The van der Waals surface area contributed by atoms with Gasteiger partial charge in [0.1, 0.15) is 5.82 Å². The molecule has 0 N–H and O–H groups in total. The predicted octanol–water partition coefficient (Wildman–Crippen LogP) is 4.60. The number of hydrogen-bond donors (Lipinski definition) is 0. The summed E-state index contributed by atoms with van der Waals surface area (Å²) < 4.78 is 13.4. The number of ketones is 1. The van der Waals surface area contributed by atoms with Crippen LogP contribution < -0.4 is 0 Å². The number of Topliss-reactive ketones (excluding diaryl/α,β-unsaturated/α-hetero) is 1. The van der Waals surface area contributed by atoms with Crippen LogP contribution in [0.1, 0.15) is 40.9 Å². The Hall–Kier alpha value is -1.96. The quantitative estimate of drug-likeness (QED) is 0.745. The molecule has 2 rings (SSSR count). The molecule has 0 aliphatic heterocycles. The largest absolute Gasteiger partial charge is 0.293 e. The molecule has 0 amide bonds. The van der Waals surface area contributed by atoms with Gasteiger partial charge in [-0.2, -0.15) is 0 Å². The molecule has 1 nitrogen and oxygen atoms in total. The minimum Gasteiger partial charge on any atom is -0.293 e. The first kappa shape index (κ1) is 14.4. The van der Waals surface area contributed by atoms with Gasteiger partial charge in [0, 0.05) is 5.56 Å². The molecule has 0 aromatic heterocycles. The zero-order chi connectivity index (χ0) is 14.9. The fourth-order valence-electron chi connectivity index (χ4n) is 2.57. The van der Waals surface area contributed by atoms with Gasteiger partial charge in [-0.05, 0) is 56.5 Å². The number of carbonyl (C=O) groups excluding carboxylic acids is 1. The predicted molar refractivity (Wildman–Crippen MR) is 79.7 cm³/mol. The van der Waals surface area contributed by atoms with Gasteiger partial charge in [-0.25, -0.2) is 4.39 Å². The maximum absolute atomic E-state index is 13.4. The van der Waals surface area contributed by atoms with Gasteiger partial charge in [-0.15, -0.1) is 0 Å². The van der Waals surface area contributed by atoms with Crippen LogP contribution in [-0.4, -0.2) is 5.78 Å². The Morgan fingerprint density at radius 3 is 2.00 bits per heavy atom. The van der Waals surface area contributed by atoms with E-state index in [4.69, 9.17) is 0 Å². The molecule has 0 aliphatic rings. The molecular weight excluding hydrogens is 251 g/mol. The molecule has 0 saturated carbocycles. The van der Waals surface area contributed by atoms with Crippen molar-refractivity contribution in [1.29, 1.82) is 0 Å². The van der Waals surface area contributed by atoms with Crippen molar-refractivity contribution < 1.29 is 9.18 Å². The van der Waals surface area contributed by atoms with Crippen LogP contribution >= 0.6 is 0 Å². The maximum Gasteiger partial charge on any atom is 0.173 e. The Morgan fingerprint density at radius 2 is 1.50 bits per heavy atom. The smallest absolute Gasteiger partial charge is 0.173 e. The molecule has 0 aliphatic carbocycles. The second kappa shape index (κ2) is 5.20. The Balaban J connectivity index is 2.52. The Kier molecular flexibility index (Phi) is 3.76. The van der Waals surface area contributed by atoms with Gasteiger partial charge < -0.3 is 0 Å². The fraction of sp³-hybridized carbons (Fsp3) is 0.278. The number of aryl methyl sites for hydroxylation is 2. The standard InChI is InChI=1S/C18H19FO/c1-12-10-15(19)11-13(2)16(12)17(20)18(3,4)14-8-6-5-7-9-14/h5-11H,1-4H3. The molecule has 0 saturated heterocycles. The van der Waals surface area contributed by atoms with Gasteiger partial charge in [0.25, 0.3) is 0 Å². The third-order valence-electron chi connectivity index (χ3n) is 3.79. The van der Waals surface area contributed by atoms with Crippen LogP contribution in [0.4, 0.5) is 4.39 Å². The van der Waals surface area contributed by atoms with Crippen molar-refractivity contribution in [3.63, 3.8) is 0 Å². The van der Waals surface area contributed by atoms with Crippen molar-refractivity contribution in [2.75, 3.05) is 0 Å². The first-order valence-electron chi connectivity index (χ1n) is 6.71. The summed E-state index contributed by atoms with van der Waals surface area (Å²) in [4.78, 5) is 12.9. The summed E-state index contributed by atoms with van der Waals surface area (Å²) in [5, 5.41) is 0. The molecule has 2 aromatic rings. The van der Waals surface area contributed by atoms with Crippen LogP contribution in [0.5, 0.6) is 0 Å². The normalized spacial score (nSPS) is 11.4. The number of hydrogen-bond acceptors (Lipinski definition) is 1. The number of carbonyl (C=O) groups is 1. The third kappa shape index (κ3) is 2.51. The third-order valence-corrected chi connectivity index (χ3v) is 3.79.